The van der Waals surface area contributed by atoms with Crippen LogP contribution in [0.1, 0.15) is 20.3 Å². The number of likely N-dealkylation sites (N-methyl/N-ethyl adjacent to an activating group) is 1. The van der Waals surface area contributed by atoms with E-state index < -0.39 is 0 Å². The second-order valence-corrected chi connectivity index (χ2v) is 4.95. The van der Waals surface area contributed by atoms with Crippen LogP contribution in [-0.4, -0.2) is 51.0 Å². The van der Waals surface area contributed by atoms with Gasteiger partial charge in [-0.1, -0.05) is 6.92 Å². The predicted octanol–water partition coefficient (Wildman–Crippen LogP) is 2.15. The van der Waals surface area contributed by atoms with E-state index >= 15 is 0 Å². The minimum atomic E-state index is 0.206. The maximum absolute atomic E-state index is 5.87. The molecule has 2 N–H and O–H groups in total. The van der Waals surface area contributed by atoms with Gasteiger partial charge in [-0.3, -0.25) is 0 Å². The summed E-state index contributed by atoms with van der Waals surface area (Å²) in [6, 6.07) is 0.572. The highest BCUT2D eigenvalue weighted by Crippen LogP contribution is 2.18. The lowest BCUT2D eigenvalue weighted by atomic mass is 10.2. The Hall–Kier alpha value is -1.40. The van der Waals surface area contributed by atoms with E-state index in [0.29, 0.717) is 17.5 Å². The number of hydrogen-bond acceptors (Lipinski definition) is 5. The highest BCUT2D eigenvalue weighted by atomic mass is 35.5. The molecule has 6 nitrogen and oxygen atoms in total. The summed E-state index contributed by atoms with van der Waals surface area (Å²) in [5.74, 6) is 0.699. The standard InChI is InChI=1S/C12H19ClN6/c1-4-8(2)19(3)6-5-14-10-9-11(16-7-15-9)18-12(13)17-10/h7-8H,4-6H2,1-3H3,(H2,14,15,16,17,18). The third-order valence-electron chi connectivity index (χ3n) is 3.36. The fourth-order valence-electron chi connectivity index (χ4n) is 1.82. The van der Waals surface area contributed by atoms with Crippen LogP contribution in [0.15, 0.2) is 6.33 Å². The van der Waals surface area contributed by atoms with Gasteiger partial charge in [0.05, 0.1) is 6.33 Å². The van der Waals surface area contributed by atoms with Gasteiger partial charge >= 0.3 is 0 Å². The monoisotopic (exact) mass is 282 g/mol. The summed E-state index contributed by atoms with van der Waals surface area (Å²) in [6.07, 6.45) is 2.73. The molecule has 104 valence electrons. The van der Waals surface area contributed by atoms with Crippen LogP contribution >= 0.6 is 11.6 Å². The van der Waals surface area contributed by atoms with Crippen LogP contribution in [0.2, 0.25) is 5.28 Å². The largest absolute Gasteiger partial charge is 0.367 e. The van der Waals surface area contributed by atoms with Crippen molar-refractivity contribution in [3.8, 4) is 0 Å². The molecule has 0 aliphatic carbocycles. The highest BCUT2D eigenvalue weighted by molar-refractivity contribution is 6.28. The number of halogens is 1. The molecular formula is C12H19ClN6. The molecule has 0 aliphatic rings. The molecule has 0 saturated carbocycles. The molecule has 0 aliphatic heterocycles. The molecule has 19 heavy (non-hydrogen) atoms. The van der Waals surface area contributed by atoms with Crippen molar-refractivity contribution < 1.29 is 0 Å². The van der Waals surface area contributed by atoms with Crippen molar-refractivity contribution in [3.63, 3.8) is 0 Å². The van der Waals surface area contributed by atoms with Crippen LogP contribution < -0.4 is 5.32 Å². The number of aromatic amines is 1. The van der Waals surface area contributed by atoms with Crippen molar-refractivity contribution in [2.45, 2.75) is 26.3 Å². The van der Waals surface area contributed by atoms with E-state index in [0.717, 1.165) is 25.0 Å². The highest BCUT2D eigenvalue weighted by Gasteiger charge is 2.10. The van der Waals surface area contributed by atoms with Gasteiger partial charge < -0.3 is 15.2 Å². The molecule has 0 amide bonds. The average Bonchev–Trinajstić information content (AvgIpc) is 2.85. The van der Waals surface area contributed by atoms with Crippen LogP contribution in [0.5, 0.6) is 0 Å². The first-order valence-corrected chi connectivity index (χ1v) is 6.80. The van der Waals surface area contributed by atoms with Crippen molar-refractivity contribution in [3.05, 3.63) is 11.6 Å². The van der Waals surface area contributed by atoms with Gasteiger partial charge in [0, 0.05) is 19.1 Å². The molecule has 0 radical (unpaired) electrons. The second-order valence-electron chi connectivity index (χ2n) is 4.61. The maximum atomic E-state index is 5.87. The van der Waals surface area contributed by atoms with Crippen molar-refractivity contribution >= 4 is 28.6 Å². The van der Waals surface area contributed by atoms with Crippen LogP contribution in [-0.2, 0) is 0 Å². The van der Waals surface area contributed by atoms with Gasteiger partial charge in [-0.2, -0.15) is 9.97 Å². The summed E-state index contributed by atoms with van der Waals surface area (Å²) in [6.45, 7) is 6.14. The summed E-state index contributed by atoms with van der Waals surface area (Å²) in [5, 5.41) is 3.48. The predicted molar refractivity (Wildman–Crippen MR) is 77.6 cm³/mol. The SMILES string of the molecule is CCC(C)N(C)CCNc1nc(Cl)nc2nc[nH]c12. The zero-order chi connectivity index (χ0) is 13.8. The lowest BCUT2D eigenvalue weighted by molar-refractivity contribution is 0.261. The van der Waals surface area contributed by atoms with E-state index in [1.165, 1.54) is 0 Å². The molecule has 2 aromatic heterocycles. The zero-order valence-electron chi connectivity index (χ0n) is 11.4. The molecule has 2 aromatic rings. The lowest BCUT2D eigenvalue weighted by Gasteiger charge is -2.23. The van der Waals surface area contributed by atoms with Crippen LogP contribution in [0.25, 0.3) is 11.2 Å². The van der Waals surface area contributed by atoms with Crippen LogP contribution in [0.4, 0.5) is 5.82 Å². The summed E-state index contributed by atoms with van der Waals surface area (Å²) >= 11 is 5.87. The van der Waals surface area contributed by atoms with Crippen molar-refractivity contribution in [2.75, 3.05) is 25.5 Å². The smallest absolute Gasteiger partial charge is 0.226 e. The van der Waals surface area contributed by atoms with Crippen LogP contribution in [0.3, 0.4) is 0 Å². The van der Waals surface area contributed by atoms with Crippen LogP contribution in [0, 0.1) is 0 Å². The van der Waals surface area contributed by atoms with Gasteiger partial charge in [0.25, 0.3) is 0 Å². The molecule has 0 aromatic carbocycles. The Balaban J connectivity index is 2.00. The summed E-state index contributed by atoms with van der Waals surface area (Å²) in [5.41, 5.74) is 1.37. The Morgan fingerprint density at radius 1 is 1.47 bits per heavy atom. The molecule has 2 rings (SSSR count). The summed E-state index contributed by atoms with van der Waals surface area (Å²) < 4.78 is 0. The Bertz CT molecular complexity index is 540. The van der Waals surface area contributed by atoms with Gasteiger partial charge in [-0.05, 0) is 32.0 Å². The number of nitrogens with zero attached hydrogens (tertiary/aromatic N) is 4. The number of nitrogens with one attached hydrogen (secondary N) is 2. The molecule has 7 heteroatoms. The number of H-pyrrole nitrogens is 1. The number of rotatable bonds is 6. The van der Waals surface area contributed by atoms with Crippen molar-refractivity contribution in [2.24, 2.45) is 0 Å². The molecular weight excluding hydrogens is 264 g/mol. The van der Waals surface area contributed by atoms with E-state index in [9.17, 15) is 0 Å². The number of fused-ring (bicyclic) bond motifs is 1. The molecule has 1 unspecified atom stereocenters. The first-order chi connectivity index (χ1) is 9.11. The maximum Gasteiger partial charge on any atom is 0.226 e. The third-order valence-corrected chi connectivity index (χ3v) is 3.53. The lowest BCUT2D eigenvalue weighted by Crippen LogP contribution is -2.32. The Labute approximate surface area is 117 Å². The summed E-state index contributed by atoms with van der Waals surface area (Å²) in [7, 11) is 2.12. The zero-order valence-corrected chi connectivity index (χ0v) is 12.2. The van der Waals surface area contributed by atoms with Gasteiger partial charge in [-0.25, -0.2) is 4.98 Å². The molecule has 0 bridgehead atoms. The molecule has 0 spiro atoms. The molecule has 0 saturated heterocycles. The quantitative estimate of drug-likeness (QED) is 0.795. The Morgan fingerprint density at radius 2 is 2.26 bits per heavy atom. The number of anilines is 1. The molecule has 0 fully saturated rings. The Morgan fingerprint density at radius 3 is 3.00 bits per heavy atom. The number of aromatic nitrogens is 4. The number of imidazole rings is 1. The van der Waals surface area contributed by atoms with E-state index in [1.807, 2.05) is 0 Å². The normalized spacial score (nSPS) is 13.1. The Kier molecular flexibility index (Phi) is 4.55. The van der Waals surface area contributed by atoms with Gasteiger partial charge in [0.2, 0.25) is 5.28 Å². The number of hydrogen-bond donors (Lipinski definition) is 2. The molecule has 1 atom stereocenters. The topological polar surface area (TPSA) is 69.7 Å². The van der Waals surface area contributed by atoms with Gasteiger partial charge in [-0.15, -0.1) is 0 Å². The van der Waals surface area contributed by atoms with E-state index in [4.69, 9.17) is 11.6 Å². The van der Waals surface area contributed by atoms with Crippen molar-refractivity contribution in [1.29, 1.82) is 0 Å². The van der Waals surface area contributed by atoms with E-state index in [1.54, 1.807) is 6.33 Å². The van der Waals surface area contributed by atoms with Gasteiger partial charge in [0.15, 0.2) is 11.5 Å². The first kappa shape index (κ1) is 14.0. The summed E-state index contributed by atoms with van der Waals surface area (Å²) in [4.78, 5) is 17.6. The third kappa shape index (κ3) is 3.33. The van der Waals surface area contributed by atoms with Gasteiger partial charge in [0.1, 0.15) is 5.52 Å². The minimum absolute atomic E-state index is 0.206. The second kappa shape index (κ2) is 6.16. The fourth-order valence-corrected chi connectivity index (χ4v) is 1.98. The fraction of sp³-hybridized carbons (Fsp3) is 0.583. The average molecular weight is 283 g/mol. The minimum Gasteiger partial charge on any atom is -0.367 e. The van der Waals surface area contributed by atoms with E-state index in [-0.39, 0.29) is 5.28 Å². The van der Waals surface area contributed by atoms with E-state index in [2.05, 4.69) is 51.0 Å². The molecule has 2 heterocycles. The first-order valence-electron chi connectivity index (χ1n) is 6.42. The van der Waals surface area contributed by atoms with Crippen molar-refractivity contribution in [1.82, 2.24) is 24.8 Å².